The third-order valence-electron chi connectivity index (χ3n) is 6.32. The van der Waals surface area contributed by atoms with Crippen LogP contribution in [0.3, 0.4) is 0 Å². The Kier molecular flexibility index (Phi) is 5.57. The maximum Gasteiger partial charge on any atom is 0.261 e. The Morgan fingerprint density at radius 3 is 2.59 bits per heavy atom. The first-order chi connectivity index (χ1) is 16.5. The minimum atomic E-state index is -0.472. The van der Waals surface area contributed by atoms with E-state index in [1.165, 1.54) is 0 Å². The highest BCUT2D eigenvalue weighted by molar-refractivity contribution is 6.08. The lowest BCUT2D eigenvalue weighted by atomic mass is 9.85. The van der Waals surface area contributed by atoms with Gasteiger partial charge in [0.2, 0.25) is 0 Å². The molecule has 0 spiro atoms. The van der Waals surface area contributed by atoms with Crippen molar-refractivity contribution >= 4 is 23.2 Å². The van der Waals surface area contributed by atoms with Gasteiger partial charge in [-0.25, -0.2) is 4.68 Å². The van der Waals surface area contributed by atoms with Crippen LogP contribution in [0.1, 0.15) is 46.8 Å². The Labute approximate surface area is 197 Å². The van der Waals surface area contributed by atoms with Crippen molar-refractivity contribution in [3.8, 4) is 11.5 Å². The normalized spacial score (nSPS) is 16.9. The molecule has 1 aliphatic carbocycles. The summed E-state index contributed by atoms with van der Waals surface area (Å²) < 4.78 is 12.6. The van der Waals surface area contributed by atoms with Crippen LogP contribution in [0.2, 0.25) is 0 Å². The molecule has 3 aromatic rings. The van der Waals surface area contributed by atoms with Gasteiger partial charge in [0.05, 0.1) is 20.4 Å². The minimum absolute atomic E-state index is 0.0836. The summed E-state index contributed by atoms with van der Waals surface area (Å²) in [5.41, 5.74) is 4.58. The Balaban J connectivity index is 1.58. The van der Waals surface area contributed by atoms with Crippen LogP contribution in [0.5, 0.6) is 11.5 Å². The number of hydrogen-bond donors (Lipinski definition) is 2. The molecule has 1 amide bonds. The molecule has 1 unspecified atom stereocenters. The summed E-state index contributed by atoms with van der Waals surface area (Å²) in [7, 11) is 3.16. The van der Waals surface area contributed by atoms with Crippen molar-refractivity contribution in [2.75, 3.05) is 24.9 Å². The summed E-state index contributed by atoms with van der Waals surface area (Å²) in [6.45, 7) is 1.99. The fourth-order valence-electron chi connectivity index (χ4n) is 4.59. The average Bonchev–Trinajstić information content (AvgIpc) is 3.27. The Morgan fingerprint density at radius 2 is 1.85 bits per heavy atom. The number of rotatable bonds is 5. The SMILES string of the molecule is COc1ccc(C2C3=C(CCCC3=O)Nc3c(C(=O)Nc4ccc(C)cc4)cnn32)cc1OC. The van der Waals surface area contributed by atoms with Crippen LogP contribution in [0.4, 0.5) is 11.5 Å². The number of allylic oxidation sites excluding steroid dienone is 2. The second kappa shape index (κ2) is 8.70. The molecule has 0 bridgehead atoms. The largest absolute Gasteiger partial charge is 0.493 e. The second-order valence-corrected chi connectivity index (χ2v) is 8.48. The van der Waals surface area contributed by atoms with Crippen LogP contribution in [0.15, 0.2) is 59.9 Å². The van der Waals surface area contributed by atoms with Gasteiger partial charge in [-0.05, 0) is 49.6 Å². The van der Waals surface area contributed by atoms with Crippen LogP contribution in [-0.4, -0.2) is 35.7 Å². The molecule has 2 N–H and O–H groups in total. The van der Waals surface area contributed by atoms with Crippen molar-refractivity contribution in [2.24, 2.45) is 0 Å². The molecular formula is C26H26N4O4. The molecule has 0 fully saturated rings. The molecule has 34 heavy (non-hydrogen) atoms. The molecule has 8 heteroatoms. The maximum atomic E-state index is 13.2. The lowest BCUT2D eigenvalue weighted by molar-refractivity contribution is -0.116. The number of Topliss-reactive ketones (excluding diaryl/α,β-unsaturated/α-hetero) is 1. The van der Waals surface area contributed by atoms with Gasteiger partial charge in [0, 0.05) is 23.4 Å². The van der Waals surface area contributed by atoms with Crippen molar-refractivity contribution < 1.29 is 19.1 Å². The van der Waals surface area contributed by atoms with Crippen LogP contribution < -0.4 is 20.1 Å². The number of nitrogens with zero attached hydrogens (tertiary/aromatic N) is 2. The van der Waals surface area contributed by atoms with Gasteiger partial charge in [0.1, 0.15) is 17.4 Å². The van der Waals surface area contributed by atoms with E-state index in [-0.39, 0.29) is 11.7 Å². The Morgan fingerprint density at radius 1 is 1.09 bits per heavy atom. The van der Waals surface area contributed by atoms with Crippen molar-refractivity contribution in [3.63, 3.8) is 0 Å². The summed E-state index contributed by atoms with van der Waals surface area (Å²) in [6, 6.07) is 12.7. The number of fused-ring (bicyclic) bond motifs is 1. The van der Waals surface area contributed by atoms with Gasteiger partial charge in [0.15, 0.2) is 17.3 Å². The number of anilines is 2. The fourth-order valence-corrected chi connectivity index (χ4v) is 4.59. The number of carbonyl (C=O) groups is 2. The van der Waals surface area contributed by atoms with Gasteiger partial charge < -0.3 is 20.1 Å². The number of amides is 1. The molecule has 174 valence electrons. The predicted molar refractivity (Wildman–Crippen MR) is 129 cm³/mol. The van der Waals surface area contributed by atoms with Crippen molar-refractivity contribution in [2.45, 2.75) is 32.2 Å². The van der Waals surface area contributed by atoms with E-state index in [0.717, 1.165) is 29.7 Å². The lowest BCUT2D eigenvalue weighted by Gasteiger charge is -2.33. The summed E-state index contributed by atoms with van der Waals surface area (Å²) in [6.07, 6.45) is 3.53. The zero-order valence-corrected chi connectivity index (χ0v) is 19.3. The van der Waals surface area contributed by atoms with Gasteiger partial charge in [-0.2, -0.15) is 5.10 Å². The van der Waals surface area contributed by atoms with Crippen LogP contribution in [-0.2, 0) is 4.79 Å². The highest BCUT2D eigenvalue weighted by Gasteiger charge is 2.38. The van der Waals surface area contributed by atoms with E-state index in [0.29, 0.717) is 40.6 Å². The molecule has 8 nitrogen and oxygen atoms in total. The summed E-state index contributed by atoms with van der Waals surface area (Å²) >= 11 is 0. The van der Waals surface area contributed by atoms with E-state index in [1.807, 2.05) is 49.4 Å². The second-order valence-electron chi connectivity index (χ2n) is 8.48. The minimum Gasteiger partial charge on any atom is -0.493 e. The maximum absolute atomic E-state index is 13.2. The third-order valence-corrected chi connectivity index (χ3v) is 6.32. The Bertz CT molecular complexity index is 1310. The van der Waals surface area contributed by atoms with E-state index in [2.05, 4.69) is 15.7 Å². The van der Waals surface area contributed by atoms with E-state index in [1.54, 1.807) is 25.1 Å². The summed E-state index contributed by atoms with van der Waals surface area (Å²) in [5, 5.41) is 10.8. The van der Waals surface area contributed by atoms with Crippen molar-refractivity contribution in [3.05, 3.63) is 76.6 Å². The molecular weight excluding hydrogens is 432 g/mol. The van der Waals surface area contributed by atoms with Gasteiger partial charge >= 0.3 is 0 Å². The number of aromatic nitrogens is 2. The lowest BCUT2D eigenvalue weighted by Crippen LogP contribution is -2.32. The van der Waals surface area contributed by atoms with Crippen LogP contribution in [0, 0.1) is 6.92 Å². The number of nitrogens with one attached hydrogen (secondary N) is 2. The predicted octanol–water partition coefficient (Wildman–Crippen LogP) is 4.48. The first-order valence-corrected chi connectivity index (χ1v) is 11.2. The molecule has 5 rings (SSSR count). The van der Waals surface area contributed by atoms with Gasteiger partial charge in [-0.3, -0.25) is 9.59 Å². The standard InChI is InChI=1S/C26H26N4O4/c1-15-7-10-17(11-8-15)28-26(32)18-14-27-30-24(16-9-12-21(33-2)22(13-16)34-3)23-19(29-25(18)30)5-4-6-20(23)31/h7-14,24,29H,4-6H2,1-3H3,(H,28,32). The van der Waals surface area contributed by atoms with E-state index in [4.69, 9.17) is 9.47 Å². The summed E-state index contributed by atoms with van der Waals surface area (Å²) in [4.78, 5) is 26.2. The molecule has 1 aliphatic heterocycles. The highest BCUT2D eigenvalue weighted by atomic mass is 16.5. The first kappa shape index (κ1) is 21.8. The van der Waals surface area contributed by atoms with Crippen molar-refractivity contribution in [1.29, 1.82) is 0 Å². The Hall–Kier alpha value is -4.07. The van der Waals surface area contributed by atoms with Crippen LogP contribution in [0.25, 0.3) is 0 Å². The zero-order chi connectivity index (χ0) is 23.8. The molecule has 0 radical (unpaired) electrons. The van der Waals surface area contributed by atoms with E-state index >= 15 is 0 Å². The number of methoxy groups -OCH3 is 2. The van der Waals surface area contributed by atoms with E-state index < -0.39 is 6.04 Å². The van der Waals surface area contributed by atoms with Gasteiger partial charge in [0.25, 0.3) is 5.91 Å². The highest BCUT2D eigenvalue weighted by Crippen LogP contribution is 2.43. The monoisotopic (exact) mass is 458 g/mol. The number of aryl methyl sites for hydroxylation is 1. The smallest absolute Gasteiger partial charge is 0.261 e. The topological polar surface area (TPSA) is 94.5 Å². The number of ether oxygens (including phenoxy) is 2. The first-order valence-electron chi connectivity index (χ1n) is 11.2. The van der Waals surface area contributed by atoms with Gasteiger partial charge in [-0.15, -0.1) is 0 Å². The quantitative estimate of drug-likeness (QED) is 0.585. The molecule has 1 aromatic heterocycles. The zero-order valence-electron chi connectivity index (χ0n) is 19.3. The van der Waals surface area contributed by atoms with Crippen molar-refractivity contribution in [1.82, 2.24) is 9.78 Å². The molecule has 2 aromatic carbocycles. The van der Waals surface area contributed by atoms with Gasteiger partial charge in [-0.1, -0.05) is 23.8 Å². The number of carbonyl (C=O) groups excluding carboxylic acids is 2. The number of ketones is 1. The molecule has 0 saturated carbocycles. The summed E-state index contributed by atoms with van der Waals surface area (Å²) in [5.74, 6) is 1.55. The van der Waals surface area contributed by atoms with Crippen LogP contribution >= 0.6 is 0 Å². The molecule has 1 atom stereocenters. The average molecular weight is 459 g/mol. The molecule has 2 aliphatic rings. The molecule has 0 saturated heterocycles. The third kappa shape index (κ3) is 3.71. The molecule has 2 heterocycles. The number of hydrogen-bond acceptors (Lipinski definition) is 6. The number of benzene rings is 2. The fraction of sp³-hybridized carbons (Fsp3) is 0.269. The van der Waals surface area contributed by atoms with E-state index in [9.17, 15) is 9.59 Å².